The van der Waals surface area contributed by atoms with Crippen LogP contribution in [-0.2, 0) is 6.61 Å². The molecule has 4 aromatic carbocycles. The van der Waals surface area contributed by atoms with Crippen LogP contribution < -0.4 is 14.8 Å². The Morgan fingerprint density at radius 3 is 2.52 bits per heavy atom. The van der Waals surface area contributed by atoms with Crippen molar-refractivity contribution in [3.05, 3.63) is 101 Å². The second-order valence-corrected chi connectivity index (χ2v) is 7.57. The van der Waals surface area contributed by atoms with Gasteiger partial charge in [0, 0.05) is 22.2 Å². The van der Waals surface area contributed by atoms with Gasteiger partial charge < -0.3 is 14.8 Å². The second kappa shape index (κ2) is 8.92. The number of amides is 1. The lowest BCUT2D eigenvalue weighted by Gasteiger charge is -2.14. The molecule has 0 bridgehead atoms. The fraction of sp³-hybridized carbons (Fsp3) is 0.148. The maximum atomic E-state index is 12.9. The molecule has 0 radical (unpaired) electrons. The summed E-state index contributed by atoms with van der Waals surface area (Å²) in [5, 5.41) is 5.18. The summed E-state index contributed by atoms with van der Waals surface area (Å²) in [4.78, 5) is 12.9. The van der Waals surface area contributed by atoms with Gasteiger partial charge in [-0.15, -0.1) is 0 Å². The Kier molecular flexibility index (Phi) is 5.89. The highest BCUT2D eigenvalue weighted by molar-refractivity contribution is 6.05. The van der Waals surface area contributed by atoms with Crippen LogP contribution in [0.25, 0.3) is 10.8 Å². The van der Waals surface area contributed by atoms with Crippen LogP contribution in [0, 0.1) is 13.8 Å². The number of benzene rings is 4. The number of nitrogens with one attached hydrogen (secondary N) is 1. The van der Waals surface area contributed by atoms with E-state index in [1.165, 1.54) is 0 Å². The molecule has 0 spiro atoms. The van der Waals surface area contributed by atoms with Gasteiger partial charge in [0.25, 0.3) is 5.91 Å². The van der Waals surface area contributed by atoms with Gasteiger partial charge in [0.2, 0.25) is 0 Å². The zero-order chi connectivity index (χ0) is 21.8. The average molecular weight is 412 g/mol. The van der Waals surface area contributed by atoms with Crippen LogP contribution in [-0.4, -0.2) is 13.0 Å². The Labute approximate surface area is 182 Å². The number of hydrogen-bond acceptors (Lipinski definition) is 3. The maximum absolute atomic E-state index is 12.9. The van der Waals surface area contributed by atoms with Crippen molar-refractivity contribution in [1.29, 1.82) is 0 Å². The average Bonchev–Trinajstić information content (AvgIpc) is 2.79. The standard InChI is InChI=1S/C27H25NO3/c1-18-11-12-19(2)24(15-18)28-27(29)21-13-14-25(30-3)22(16-21)17-31-26-10-6-8-20-7-4-5-9-23(20)26/h4-16H,17H2,1-3H3,(H,28,29). The lowest BCUT2D eigenvalue weighted by atomic mass is 10.1. The fourth-order valence-electron chi connectivity index (χ4n) is 3.57. The van der Waals surface area contributed by atoms with Crippen molar-refractivity contribution in [2.75, 3.05) is 12.4 Å². The summed E-state index contributed by atoms with van der Waals surface area (Å²) >= 11 is 0. The topological polar surface area (TPSA) is 47.6 Å². The third kappa shape index (κ3) is 4.53. The summed E-state index contributed by atoms with van der Waals surface area (Å²) in [6.45, 7) is 4.28. The van der Waals surface area contributed by atoms with Gasteiger partial charge in [-0.3, -0.25) is 4.79 Å². The van der Waals surface area contributed by atoms with Crippen LogP contribution in [0.4, 0.5) is 5.69 Å². The Bertz CT molecular complexity index is 1240. The monoisotopic (exact) mass is 411 g/mol. The molecule has 4 nitrogen and oxygen atoms in total. The molecule has 31 heavy (non-hydrogen) atoms. The van der Waals surface area contributed by atoms with Crippen LogP contribution in [0.3, 0.4) is 0 Å². The Morgan fingerprint density at radius 1 is 0.871 bits per heavy atom. The van der Waals surface area contributed by atoms with Crippen molar-refractivity contribution in [1.82, 2.24) is 0 Å². The largest absolute Gasteiger partial charge is 0.496 e. The Balaban J connectivity index is 1.57. The van der Waals surface area contributed by atoms with Gasteiger partial charge >= 0.3 is 0 Å². The molecule has 0 aliphatic carbocycles. The molecule has 0 aromatic heterocycles. The maximum Gasteiger partial charge on any atom is 0.255 e. The van der Waals surface area contributed by atoms with Crippen molar-refractivity contribution >= 4 is 22.4 Å². The van der Waals surface area contributed by atoms with Crippen LogP contribution in [0.1, 0.15) is 27.0 Å². The molecule has 0 aliphatic rings. The Hall–Kier alpha value is -3.79. The zero-order valence-electron chi connectivity index (χ0n) is 17.9. The van der Waals surface area contributed by atoms with E-state index in [1.807, 2.05) is 68.4 Å². The first-order valence-electron chi connectivity index (χ1n) is 10.2. The lowest BCUT2D eigenvalue weighted by Crippen LogP contribution is -2.13. The van der Waals surface area contributed by atoms with E-state index in [9.17, 15) is 4.79 Å². The van der Waals surface area contributed by atoms with Crippen molar-refractivity contribution in [3.8, 4) is 11.5 Å². The summed E-state index contributed by atoms with van der Waals surface area (Å²) in [7, 11) is 1.62. The molecule has 1 N–H and O–H groups in total. The highest BCUT2D eigenvalue weighted by Crippen LogP contribution is 2.28. The summed E-state index contributed by atoms with van der Waals surface area (Å²) in [6.07, 6.45) is 0. The molecule has 0 unspecified atom stereocenters. The minimum Gasteiger partial charge on any atom is -0.496 e. The van der Waals surface area contributed by atoms with E-state index >= 15 is 0 Å². The van der Waals surface area contributed by atoms with Crippen molar-refractivity contribution in [2.45, 2.75) is 20.5 Å². The normalized spacial score (nSPS) is 10.7. The molecule has 156 valence electrons. The number of anilines is 1. The molecule has 4 rings (SSSR count). The minimum atomic E-state index is -0.164. The Morgan fingerprint density at radius 2 is 1.68 bits per heavy atom. The van der Waals surface area contributed by atoms with Crippen molar-refractivity contribution in [2.24, 2.45) is 0 Å². The highest BCUT2D eigenvalue weighted by Gasteiger charge is 2.13. The van der Waals surface area contributed by atoms with Gasteiger partial charge in [0.05, 0.1) is 7.11 Å². The first-order chi connectivity index (χ1) is 15.0. The quantitative estimate of drug-likeness (QED) is 0.405. The van der Waals surface area contributed by atoms with Crippen LogP contribution in [0.15, 0.2) is 78.9 Å². The number of carbonyl (C=O) groups excluding carboxylic acids is 1. The molecule has 4 aromatic rings. The SMILES string of the molecule is COc1ccc(C(=O)Nc2cc(C)ccc2C)cc1COc1cccc2ccccc12. The van der Waals surface area contributed by atoms with E-state index in [-0.39, 0.29) is 5.91 Å². The molecule has 0 atom stereocenters. The first-order valence-corrected chi connectivity index (χ1v) is 10.2. The van der Waals surface area contributed by atoms with Gasteiger partial charge in [0.1, 0.15) is 18.1 Å². The van der Waals surface area contributed by atoms with Crippen LogP contribution >= 0.6 is 0 Å². The number of ether oxygens (including phenoxy) is 2. The highest BCUT2D eigenvalue weighted by atomic mass is 16.5. The minimum absolute atomic E-state index is 0.164. The van der Waals surface area contributed by atoms with E-state index in [0.717, 1.165) is 38.9 Å². The van der Waals surface area contributed by atoms with E-state index in [2.05, 4.69) is 17.4 Å². The lowest BCUT2D eigenvalue weighted by molar-refractivity contribution is 0.102. The van der Waals surface area contributed by atoms with Gasteiger partial charge in [-0.05, 0) is 60.7 Å². The number of rotatable bonds is 6. The third-order valence-electron chi connectivity index (χ3n) is 5.32. The predicted molar refractivity (Wildman–Crippen MR) is 125 cm³/mol. The molecule has 0 saturated heterocycles. The van der Waals surface area contributed by atoms with Crippen LogP contribution in [0.2, 0.25) is 0 Å². The summed E-state index contributed by atoms with van der Waals surface area (Å²) < 4.78 is 11.6. The molecule has 0 heterocycles. The smallest absolute Gasteiger partial charge is 0.255 e. The first kappa shape index (κ1) is 20.5. The number of carbonyl (C=O) groups is 1. The molecular formula is C27H25NO3. The summed E-state index contributed by atoms with van der Waals surface area (Å²) in [6, 6.07) is 25.5. The number of fused-ring (bicyclic) bond motifs is 1. The molecule has 0 aliphatic heterocycles. The van der Waals surface area contributed by atoms with Crippen LogP contribution in [0.5, 0.6) is 11.5 Å². The van der Waals surface area contributed by atoms with Crippen molar-refractivity contribution in [3.63, 3.8) is 0 Å². The predicted octanol–water partition coefficient (Wildman–Crippen LogP) is 6.30. The van der Waals surface area contributed by atoms with Gasteiger partial charge in [-0.2, -0.15) is 0 Å². The molecular weight excluding hydrogens is 386 g/mol. The number of methoxy groups -OCH3 is 1. The molecule has 1 amide bonds. The molecule has 4 heteroatoms. The van der Waals surface area contributed by atoms with Gasteiger partial charge in [0.15, 0.2) is 0 Å². The van der Waals surface area contributed by atoms with E-state index in [1.54, 1.807) is 19.2 Å². The van der Waals surface area contributed by atoms with Crippen molar-refractivity contribution < 1.29 is 14.3 Å². The third-order valence-corrected chi connectivity index (χ3v) is 5.32. The zero-order valence-corrected chi connectivity index (χ0v) is 17.9. The molecule has 0 saturated carbocycles. The summed E-state index contributed by atoms with van der Waals surface area (Å²) in [5.41, 5.74) is 4.29. The number of aryl methyl sites for hydroxylation is 2. The molecule has 0 fully saturated rings. The van der Waals surface area contributed by atoms with Gasteiger partial charge in [-0.25, -0.2) is 0 Å². The van der Waals surface area contributed by atoms with E-state index < -0.39 is 0 Å². The second-order valence-electron chi connectivity index (χ2n) is 7.57. The van der Waals surface area contributed by atoms with Gasteiger partial charge in [-0.1, -0.05) is 48.5 Å². The van der Waals surface area contributed by atoms with E-state index in [0.29, 0.717) is 17.9 Å². The van der Waals surface area contributed by atoms with E-state index in [4.69, 9.17) is 9.47 Å². The summed E-state index contributed by atoms with van der Waals surface area (Å²) in [5.74, 6) is 1.32. The fourth-order valence-corrected chi connectivity index (χ4v) is 3.57. The number of hydrogen-bond donors (Lipinski definition) is 1.